The lowest BCUT2D eigenvalue weighted by atomic mass is 10.2. The van der Waals surface area contributed by atoms with Crippen molar-refractivity contribution in [2.24, 2.45) is 0 Å². The number of nitrogens with zero attached hydrogens (tertiary/aromatic N) is 2. The molecule has 0 bridgehead atoms. The van der Waals surface area contributed by atoms with Gasteiger partial charge in [-0.05, 0) is 25.5 Å². The third-order valence-electron chi connectivity index (χ3n) is 3.46. The standard InChI is InChI=1S/C18H18N4O4S/c1-3-13-12(9-19)16(24)22-18(21-13)27-10-15(23)20-14-8-6-5-7-11(14)17(25)26-4-2/h5-8H,3-4,10H2,1-2H3,(H,20,23)(H,21,22,24). The van der Waals surface area contributed by atoms with E-state index in [1.165, 1.54) is 0 Å². The van der Waals surface area contributed by atoms with Gasteiger partial charge in [0, 0.05) is 0 Å². The second-order valence-electron chi connectivity index (χ2n) is 5.26. The first-order valence-corrected chi connectivity index (χ1v) is 9.20. The Hall–Kier alpha value is -3.12. The normalized spacial score (nSPS) is 10.1. The van der Waals surface area contributed by atoms with Crippen molar-refractivity contribution in [2.75, 3.05) is 17.7 Å². The van der Waals surface area contributed by atoms with Gasteiger partial charge in [-0.2, -0.15) is 5.26 Å². The van der Waals surface area contributed by atoms with Crippen LogP contribution in [0.2, 0.25) is 0 Å². The van der Waals surface area contributed by atoms with Crippen molar-refractivity contribution in [3.63, 3.8) is 0 Å². The number of para-hydroxylation sites is 1. The highest BCUT2D eigenvalue weighted by Gasteiger charge is 2.15. The summed E-state index contributed by atoms with van der Waals surface area (Å²) < 4.78 is 4.97. The van der Waals surface area contributed by atoms with Crippen LogP contribution in [0.5, 0.6) is 0 Å². The van der Waals surface area contributed by atoms with Crippen molar-refractivity contribution in [2.45, 2.75) is 25.4 Å². The molecule has 0 atom stereocenters. The summed E-state index contributed by atoms with van der Waals surface area (Å²) in [5.41, 5.74) is 0.444. The molecule has 1 aromatic heterocycles. The molecule has 1 amide bonds. The summed E-state index contributed by atoms with van der Waals surface area (Å²) in [4.78, 5) is 42.7. The van der Waals surface area contributed by atoms with Crippen molar-refractivity contribution < 1.29 is 14.3 Å². The molecule has 0 saturated heterocycles. The number of aryl methyl sites for hydroxylation is 1. The maximum atomic E-state index is 12.2. The number of hydrogen-bond acceptors (Lipinski definition) is 7. The second-order valence-corrected chi connectivity index (χ2v) is 6.23. The van der Waals surface area contributed by atoms with Crippen LogP contribution < -0.4 is 10.9 Å². The number of ether oxygens (including phenoxy) is 1. The zero-order chi connectivity index (χ0) is 19.8. The lowest BCUT2D eigenvalue weighted by Gasteiger charge is -2.10. The van der Waals surface area contributed by atoms with E-state index in [2.05, 4.69) is 15.3 Å². The first-order valence-electron chi connectivity index (χ1n) is 8.22. The Bertz CT molecular complexity index is 949. The summed E-state index contributed by atoms with van der Waals surface area (Å²) in [5, 5.41) is 11.9. The molecule has 0 fully saturated rings. The fourth-order valence-corrected chi connectivity index (χ4v) is 2.92. The number of nitrogens with one attached hydrogen (secondary N) is 2. The minimum Gasteiger partial charge on any atom is -0.462 e. The smallest absolute Gasteiger partial charge is 0.340 e. The van der Waals surface area contributed by atoms with Crippen LogP contribution in [0.25, 0.3) is 0 Å². The van der Waals surface area contributed by atoms with E-state index in [-0.39, 0.29) is 34.6 Å². The zero-order valence-corrected chi connectivity index (χ0v) is 15.7. The molecule has 8 nitrogen and oxygen atoms in total. The van der Waals surface area contributed by atoms with Gasteiger partial charge in [0.2, 0.25) is 5.91 Å². The minimum absolute atomic E-state index is 0.0188. The number of esters is 1. The van der Waals surface area contributed by atoms with Crippen molar-refractivity contribution in [1.82, 2.24) is 9.97 Å². The number of amides is 1. The Morgan fingerprint density at radius 3 is 2.74 bits per heavy atom. The Labute approximate surface area is 160 Å². The zero-order valence-electron chi connectivity index (χ0n) is 14.9. The number of nitriles is 1. The molecule has 1 aromatic carbocycles. The molecular weight excluding hydrogens is 368 g/mol. The van der Waals surface area contributed by atoms with Crippen LogP contribution in [-0.2, 0) is 16.0 Å². The predicted molar refractivity (Wildman–Crippen MR) is 101 cm³/mol. The number of carbonyl (C=O) groups is 2. The van der Waals surface area contributed by atoms with Crippen molar-refractivity contribution in [3.05, 3.63) is 51.4 Å². The number of aromatic nitrogens is 2. The molecule has 0 unspecified atom stereocenters. The molecule has 0 saturated carbocycles. The molecule has 140 valence electrons. The van der Waals surface area contributed by atoms with Gasteiger partial charge in [0.05, 0.1) is 29.3 Å². The summed E-state index contributed by atoms with van der Waals surface area (Å²) in [6.45, 7) is 3.72. The van der Waals surface area contributed by atoms with E-state index in [0.717, 1.165) is 11.8 Å². The number of carbonyl (C=O) groups excluding carboxylic acids is 2. The van der Waals surface area contributed by atoms with Gasteiger partial charge in [0.25, 0.3) is 5.56 Å². The van der Waals surface area contributed by atoms with Crippen molar-refractivity contribution >= 4 is 29.3 Å². The van der Waals surface area contributed by atoms with E-state index in [0.29, 0.717) is 17.8 Å². The summed E-state index contributed by atoms with van der Waals surface area (Å²) in [5.74, 6) is -0.927. The first-order chi connectivity index (χ1) is 13.0. The average Bonchev–Trinajstić information content (AvgIpc) is 2.66. The summed E-state index contributed by atoms with van der Waals surface area (Å²) >= 11 is 1.03. The molecule has 27 heavy (non-hydrogen) atoms. The fraction of sp³-hybridized carbons (Fsp3) is 0.278. The molecular formula is C18H18N4O4S. The lowest BCUT2D eigenvalue weighted by Crippen LogP contribution is -2.19. The number of thioether (sulfide) groups is 1. The molecule has 9 heteroatoms. The maximum absolute atomic E-state index is 12.2. The van der Waals surface area contributed by atoms with Gasteiger partial charge in [-0.3, -0.25) is 9.59 Å². The van der Waals surface area contributed by atoms with Crippen LogP contribution in [0.4, 0.5) is 5.69 Å². The molecule has 0 spiro atoms. The SMILES string of the molecule is CCOC(=O)c1ccccc1NC(=O)CSc1nc(CC)c(C#N)c(=O)[nH]1. The number of anilines is 1. The largest absolute Gasteiger partial charge is 0.462 e. The van der Waals surface area contributed by atoms with Gasteiger partial charge < -0.3 is 15.0 Å². The van der Waals surface area contributed by atoms with Crippen molar-refractivity contribution in [1.29, 1.82) is 5.26 Å². The number of hydrogen-bond donors (Lipinski definition) is 2. The number of aromatic amines is 1. The highest BCUT2D eigenvalue weighted by molar-refractivity contribution is 7.99. The molecule has 0 aliphatic heterocycles. The summed E-state index contributed by atoms with van der Waals surface area (Å²) in [6, 6.07) is 8.36. The average molecular weight is 386 g/mol. The topological polar surface area (TPSA) is 125 Å². The monoisotopic (exact) mass is 386 g/mol. The fourth-order valence-electron chi connectivity index (χ4n) is 2.24. The van der Waals surface area contributed by atoms with E-state index in [9.17, 15) is 14.4 Å². The van der Waals surface area contributed by atoms with Gasteiger partial charge in [-0.15, -0.1) is 0 Å². The summed E-state index contributed by atoms with van der Waals surface area (Å²) in [7, 11) is 0. The Morgan fingerprint density at radius 2 is 2.07 bits per heavy atom. The van der Waals surface area contributed by atoms with Crippen LogP contribution in [0, 0.1) is 11.3 Å². The number of rotatable bonds is 7. The van der Waals surface area contributed by atoms with Gasteiger partial charge in [0.15, 0.2) is 5.16 Å². The molecule has 2 N–H and O–H groups in total. The number of benzene rings is 1. The van der Waals surface area contributed by atoms with Gasteiger partial charge in [-0.1, -0.05) is 30.8 Å². The highest BCUT2D eigenvalue weighted by atomic mass is 32.2. The van der Waals surface area contributed by atoms with Crippen LogP contribution in [0.15, 0.2) is 34.2 Å². The molecule has 0 aliphatic carbocycles. The Kier molecular flexibility index (Phi) is 7.14. The molecule has 0 radical (unpaired) electrons. The molecule has 0 aliphatic rings. The van der Waals surface area contributed by atoms with Gasteiger partial charge in [-0.25, -0.2) is 9.78 Å². The first kappa shape index (κ1) is 20.2. The third-order valence-corrected chi connectivity index (χ3v) is 4.33. The summed E-state index contributed by atoms with van der Waals surface area (Å²) in [6.07, 6.45) is 0.430. The molecule has 2 rings (SSSR count). The van der Waals surface area contributed by atoms with E-state index >= 15 is 0 Å². The second kappa shape index (κ2) is 9.54. The maximum Gasteiger partial charge on any atom is 0.340 e. The Balaban J connectivity index is 2.08. The van der Waals surface area contributed by atoms with E-state index in [1.54, 1.807) is 38.1 Å². The third kappa shape index (κ3) is 5.18. The highest BCUT2D eigenvalue weighted by Crippen LogP contribution is 2.18. The van der Waals surface area contributed by atoms with Crippen molar-refractivity contribution in [3.8, 4) is 6.07 Å². The van der Waals surface area contributed by atoms with Crippen LogP contribution in [0.1, 0.15) is 35.5 Å². The van der Waals surface area contributed by atoms with E-state index < -0.39 is 11.5 Å². The molecule has 1 heterocycles. The molecule has 2 aromatic rings. The van der Waals surface area contributed by atoms with Gasteiger partial charge >= 0.3 is 5.97 Å². The van der Waals surface area contributed by atoms with Gasteiger partial charge in [0.1, 0.15) is 11.6 Å². The lowest BCUT2D eigenvalue weighted by molar-refractivity contribution is -0.113. The van der Waals surface area contributed by atoms with Crippen LogP contribution in [0.3, 0.4) is 0 Å². The quantitative estimate of drug-likeness (QED) is 0.424. The minimum atomic E-state index is -0.528. The van der Waals surface area contributed by atoms with E-state index in [4.69, 9.17) is 10.00 Å². The van der Waals surface area contributed by atoms with E-state index in [1.807, 2.05) is 6.07 Å². The number of H-pyrrole nitrogens is 1. The predicted octanol–water partition coefficient (Wildman–Crippen LogP) is 2.11. The van der Waals surface area contributed by atoms with Crippen LogP contribution >= 0.6 is 11.8 Å². The Morgan fingerprint density at radius 1 is 1.33 bits per heavy atom. The van der Waals surface area contributed by atoms with Crippen LogP contribution in [-0.4, -0.2) is 34.2 Å².